The lowest BCUT2D eigenvalue weighted by Gasteiger charge is -2.22. The topological polar surface area (TPSA) is 43.4 Å². The molecule has 1 atom stereocenters. The van der Waals surface area contributed by atoms with E-state index in [-0.39, 0.29) is 11.7 Å². The number of carbonyl (C=O) groups is 2. The number of methoxy groups -OCH3 is 1. The molecular formula is C15H16O3. The molecule has 1 aromatic carbocycles. The third-order valence-electron chi connectivity index (χ3n) is 3.35. The minimum Gasteiger partial charge on any atom is -0.497 e. The fourth-order valence-electron chi connectivity index (χ4n) is 2.35. The molecule has 0 spiro atoms. The van der Waals surface area contributed by atoms with E-state index in [9.17, 15) is 9.59 Å². The zero-order valence-corrected chi connectivity index (χ0v) is 10.4. The molecule has 1 aromatic rings. The van der Waals surface area contributed by atoms with Crippen molar-refractivity contribution in [3.63, 3.8) is 0 Å². The summed E-state index contributed by atoms with van der Waals surface area (Å²) in [6, 6.07) is 5.59. The van der Waals surface area contributed by atoms with Crippen molar-refractivity contribution in [1.82, 2.24) is 0 Å². The lowest BCUT2D eigenvalue weighted by molar-refractivity contribution is -0.104. The van der Waals surface area contributed by atoms with Gasteiger partial charge in [-0.1, -0.05) is 6.08 Å². The second kappa shape index (κ2) is 5.63. The van der Waals surface area contributed by atoms with Gasteiger partial charge in [0, 0.05) is 11.5 Å². The molecular weight excluding hydrogens is 228 g/mol. The molecule has 3 heteroatoms. The number of carbonyl (C=O) groups excluding carboxylic acids is 2. The highest BCUT2D eigenvalue weighted by molar-refractivity contribution is 6.00. The van der Waals surface area contributed by atoms with Crippen molar-refractivity contribution in [2.75, 3.05) is 7.11 Å². The number of hydrogen-bond acceptors (Lipinski definition) is 3. The van der Waals surface area contributed by atoms with E-state index >= 15 is 0 Å². The van der Waals surface area contributed by atoms with Gasteiger partial charge in [-0.3, -0.25) is 9.59 Å². The van der Waals surface area contributed by atoms with Crippen molar-refractivity contribution >= 4 is 12.1 Å². The summed E-state index contributed by atoms with van der Waals surface area (Å²) in [7, 11) is 1.62. The van der Waals surface area contributed by atoms with Crippen LogP contribution in [0.5, 0.6) is 5.75 Å². The van der Waals surface area contributed by atoms with Gasteiger partial charge in [-0.05, 0) is 49.1 Å². The number of ether oxygens (including phenoxy) is 1. The van der Waals surface area contributed by atoms with Gasteiger partial charge in [-0.25, -0.2) is 0 Å². The Morgan fingerprint density at radius 1 is 1.44 bits per heavy atom. The number of aryl methyl sites for hydroxylation is 1. The summed E-state index contributed by atoms with van der Waals surface area (Å²) in [4.78, 5) is 22.5. The number of rotatable bonds is 4. The van der Waals surface area contributed by atoms with Crippen LogP contribution >= 0.6 is 0 Å². The van der Waals surface area contributed by atoms with Crippen LogP contribution < -0.4 is 4.74 Å². The van der Waals surface area contributed by atoms with E-state index in [1.165, 1.54) is 6.08 Å². The number of allylic oxidation sites excluding steroid dienone is 2. The molecule has 94 valence electrons. The van der Waals surface area contributed by atoms with Gasteiger partial charge >= 0.3 is 0 Å². The summed E-state index contributed by atoms with van der Waals surface area (Å²) >= 11 is 0. The fraction of sp³-hybridized carbons (Fsp3) is 0.333. The molecule has 0 saturated carbocycles. The molecule has 1 aliphatic rings. The maximum Gasteiger partial charge on any atom is 0.166 e. The van der Waals surface area contributed by atoms with Crippen LogP contribution in [0.3, 0.4) is 0 Å². The third-order valence-corrected chi connectivity index (χ3v) is 3.35. The van der Waals surface area contributed by atoms with Crippen LogP contribution in [0.25, 0.3) is 0 Å². The van der Waals surface area contributed by atoms with Crippen molar-refractivity contribution in [3.05, 3.63) is 41.5 Å². The summed E-state index contributed by atoms with van der Waals surface area (Å²) in [5.41, 5.74) is 1.86. The van der Waals surface area contributed by atoms with Crippen molar-refractivity contribution in [3.8, 4) is 5.75 Å². The SMILES string of the molecule is COc1ccc2c(c1)CCC(CC=CC=O)C2=O. The highest BCUT2D eigenvalue weighted by atomic mass is 16.5. The summed E-state index contributed by atoms with van der Waals surface area (Å²) in [5, 5.41) is 0. The zero-order chi connectivity index (χ0) is 13.0. The second-order valence-electron chi connectivity index (χ2n) is 4.42. The van der Waals surface area contributed by atoms with Crippen LogP contribution in [-0.2, 0) is 11.2 Å². The van der Waals surface area contributed by atoms with Gasteiger partial charge in [0.25, 0.3) is 0 Å². The molecule has 0 saturated heterocycles. The van der Waals surface area contributed by atoms with Gasteiger partial charge in [-0.15, -0.1) is 0 Å². The second-order valence-corrected chi connectivity index (χ2v) is 4.42. The summed E-state index contributed by atoms with van der Waals surface area (Å²) in [6.07, 6.45) is 6.33. The molecule has 0 heterocycles. The number of ketones is 1. The molecule has 0 N–H and O–H groups in total. The number of fused-ring (bicyclic) bond motifs is 1. The molecule has 0 aromatic heterocycles. The van der Waals surface area contributed by atoms with E-state index in [1.54, 1.807) is 13.2 Å². The highest BCUT2D eigenvalue weighted by Crippen LogP contribution is 2.30. The van der Waals surface area contributed by atoms with Crippen LogP contribution in [-0.4, -0.2) is 19.2 Å². The Balaban J connectivity index is 2.18. The minimum atomic E-state index is 0.00194. The van der Waals surface area contributed by atoms with Crippen LogP contribution in [0.4, 0.5) is 0 Å². The molecule has 0 aliphatic heterocycles. The van der Waals surface area contributed by atoms with Gasteiger partial charge < -0.3 is 4.74 Å². The first kappa shape index (κ1) is 12.6. The Kier molecular flexibility index (Phi) is 3.92. The Morgan fingerprint density at radius 3 is 3.00 bits per heavy atom. The van der Waals surface area contributed by atoms with Gasteiger partial charge in [0.2, 0.25) is 0 Å². The quantitative estimate of drug-likeness (QED) is 0.604. The zero-order valence-electron chi connectivity index (χ0n) is 10.4. The Hall–Kier alpha value is -1.90. The normalized spacial score (nSPS) is 18.7. The third kappa shape index (κ3) is 2.50. The van der Waals surface area contributed by atoms with Crippen LogP contribution in [0.2, 0.25) is 0 Å². The van der Waals surface area contributed by atoms with E-state index < -0.39 is 0 Å². The van der Waals surface area contributed by atoms with Crippen LogP contribution in [0.1, 0.15) is 28.8 Å². The van der Waals surface area contributed by atoms with E-state index in [4.69, 9.17) is 4.74 Å². The first-order valence-electron chi connectivity index (χ1n) is 6.07. The van der Waals surface area contributed by atoms with E-state index in [0.29, 0.717) is 6.42 Å². The summed E-state index contributed by atoms with van der Waals surface area (Å²) in [5.74, 6) is 0.970. The Bertz CT molecular complexity index is 489. The largest absolute Gasteiger partial charge is 0.497 e. The van der Waals surface area contributed by atoms with Crippen molar-refractivity contribution in [2.24, 2.45) is 5.92 Å². The minimum absolute atomic E-state index is 0.00194. The molecule has 0 radical (unpaired) electrons. The van der Waals surface area contributed by atoms with E-state index in [0.717, 1.165) is 36.0 Å². The van der Waals surface area contributed by atoms with E-state index in [2.05, 4.69) is 0 Å². The van der Waals surface area contributed by atoms with Crippen LogP contribution in [0, 0.1) is 5.92 Å². The molecule has 2 rings (SSSR count). The number of aldehydes is 1. The maximum atomic E-state index is 12.2. The van der Waals surface area contributed by atoms with Crippen LogP contribution in [0.15, 0.2) is 30.4 Å². The molecule has 18 heavy (non-hydrogen) atoms. The van der Waals surface area contributed by atoms with E-state index in [1.807, 2.05) is 18.2 Å². The Morgan fingerprint density at radius 2 is 2.28 bits per heavy atom. The number of Topliss-reactive ketones (excluding diaryl/α,β-unsaturated/α-hetero) is 1. The maximum absolute atomic E-state index is 12.2. The molecule has 1 aliphatic carbocycles. The summed E-state index contributed by atoms with van der Waals surface area (Å²) < 4.78 is 5.16. The standard InChI is InChI=1S/C15H16O3/c1-18-13-7-8-14-12(10-13)6-5-11(15(14)17)4-2-3-9-16/h2-3,7-11H,4-6H2,1H3. The van der Waals surface area contributed by atoms with Gasteiger partial charge in [-0.2, -0.15) is 0 Å². The average molecular weight is 244 g/mol. The van der Waals surface area contributed by atoms with Gasteiger partial charge in [0.05, 0.1) is 7.11 Å². The van der Waals surface area contributed by atoms with Crippen molar-refractivity contribution < 1.29 is 14.3 Å². The number of benzene rings is 1. The van der Waals surface area contributed by atoms with Crippen molar-refractivity contribution in [1.29, 1.82) is 0 Å². The van der Waals surface area contributed by atoms with Gasteiger partial charge in [0.1, 0.15) is 12.0 Å². The predicted molar refractivity (Wildman–Crippen MR) is 69.0 cm³/mol. The first-order chi connectivity index (χ1) is 8.76. The van der Waals surface area contributed by atoms with Crippen molar-refractivity contribution in [2.45, 2.75) is 19.3 Å². The molecule has 3 nitrogen and oxygen atoms in total. The highest BCUT2D eigenvalue weighted by Gasteiger charge is 2.26. The molecule has 0 amide bonds. The molecule has 1 unspecified atom stereocenters. The number of hydrogen-bond donors (Lipinski definition) is 0. The van der Waals surface area contributed by atoms with Gasteiger partial charge in [0.15, 0.2) is 5.78 Å². The monoisotopic (exact) mass is 244 g/mol. The predicted octanol–water partition coefficient (Wildman–Crippen LogP) is 2.59. The Labute approximate surface area is 106 Å². The fourth-order valence-corrected chi connectivity index (χ4v) is 2.35. The smallest absolute Gasteiger partial charge is 0.166 e. The lowest BCUT2D eigenvalue weighted by Crippen LogP contribution is -2.22. The average Bonchev–Trinajstić information content (AvgIpc) is 2.41. The molecule has 0 fully saturated rings. The lowest BCUT2D eigenvalue weighted by atomic mass is 9.81. The first-order valence-corrected chi connectivity index (χ1v) is 6.07. The summed E-state index contributed by atoms with van der Waals surface area (Å²) in [6.45, 7) is 0. The molecule has 0 bridgehead atoms.